The van der Waals surface area contributed by atoms with Gasteiger partial charge in [-0.05, 0) is 43.7 Å². The predicted molar refractivity (Wildman–Crippen MR) is 88.6 cm³/mol. The van der Waals surface area contributed by atoms with Gasteiger partial charge in [-0.15, -0.1) is 11.6 Å². The summed E-state index contributed by atoms with van der Waals surface area (Å²) >= 11 is 6.15. The van der Waals surface area contributed by atoms with Gasteiger partial charge in [0.1, 0.15) is 17.7 Å². The Kier molecular flexibility index (Phi) is 5.69. The third-order valence-electron chi connectivity index (χ3n) is 4.88. The Morgan fingerprint density at radius 2 is 2.08 bits per heavy atom. The number of carbonyl (C=O) groups is 1. The first kappa shape index (κ1) is 17.6. The molecule has 7 heteroatoms. The predicted octanol–water partition coefficient (Wildman–Crippen LogP) is 2.22. The zero-order valence-corrected chi connectivity index (χ0v) is 14.2. The zero-order valence-electron chi connectivity index (χ0n) is 13.4. The number of halogens is 3. The van der Waals surface area contributed by atoms with Crippen LogP contribution < -0.4 is 10.9 Å². The van der Waals surface area contributed by atoms with E-state index >= 15 is 0 Å². The van der Waals surface area contributed by atoms with Crippen molar-refractivity contribution in [3.8, 4) is 0 Å². The van der Waals surface area contributed by atoms with Gasteiger partial charge in [0.15, 0.2) is 0 Å². The normalized spacial score (nSPS) is 27.5. The van der Waals surface area contributed by atoms with Crippen LogP contribution in [0.4, 0.5) is 8.78 Å². The molecule has 3 rings (SSSR count). The second-order valence-corrected chi connectivity index (χ2v) is 7.11. The van der Waals surface area contributed by atoms with Gasteiger partial charge in [0.05, 0.1) is 5.38 Å². The van der Waals surface area contributed by atoms with Gasteiger partial charge in [0.25, 0.3) is 0 Å². The van der Waals surface area contributed by atoms with Crippen LogP contribution in [0.1, 0.15) is 24.8 Å². The minimum atomic E-state index is -0.495. The van der Waals surface area contributed by atoms with E-state index in [4.69, 9.17) is 11.6 Å². The van der Waals surface area contributed by atoms with Gasteiger partial charge >= 0.3 is 0 Å². The second kappa shape index (κ2) is 7.76. The number of alkyl halides is 1. The number of benzene rings is 1. The van der Waals surface area contributed by atoms with E-state index in [9.17, 15) is 13.6 Å². The number of nitrogens with one attached hydrogen (secondary N) is 2. The average molecular weight is 358 g/mol. The molecule has 2 aliphatic heterocycles. The summed E-state index contributed by atoms with van der Waals surface area (Å²) in [4.78, 5) is 14.4. The summed E-state index contributed by atoms with van der Waals surface area (Å²) in [5.41, 5.74) is 5.96. The molecule has 2 fully saturated rings. The highest BCUT2D eigenvalue weighted by molar-refractivity contribution is 6.23. The summed E-state index contributed by atoms with van der Waals surface area (Å²) in [5.74, 6) is -0.735. The van der Waals surface area contributed by atoms with Crippen molar-refractivity contribution < 1.29 is 13.6 Å². The largest absolute Gasteiger partial charge is 0.341 e. The minimum Gasteiger partial charge on any atom is -0.341 e. The Hall–Kier alpha value is -1.24. The van der Waals surface area contributed by atoms with E-state index in [1.54, 1.807) is 0 Å². The molecule has 4 nitrogen and oxygen atoms in total. The van der Waals surface area contributed by atoms with Crippen molar-refractivity contribution in [2.24, 2.45) is 5.92 Å². The van der Waals surface area contributed by atoms with E-state index in [0.717, 1.165) is 12.8 Å². The third kappa shape index (κ3) is 3.87. The maximum atomic E-state index is 13.7. The van der Waals surface area contributed by atoms with Crippen molar-refractivity contribution in [3.05, 3.63) is 35.4 Å². The van der Waals surface area contributed by atoms with Crippen LogP contribution in [0.3, 0.4) is 0 Å². The van der Waals surface area contributed by atoms with Gasteiger partial charge < -0.3 is 4.90 Å². The van der Waals surface area contributed by atoms with E-state index in [1.165, 1.54) is 18.2 Å². The molecule has 0 bridgehead atoms. The Labute approximate surface area is 145 Å². The van der Waals surface area contributed by atoms with Crippen molar-refractivity contribution in [1.29, 1.82) is 0 Å². The van der Waals surface area contributed by atoms with Gasteiger partial charge in [0, 0.05) is 25.2 Å². The molecular weight excluding hydrogens is 336 g/mol. The van der Waals surface area contributed by atoms with E-state index in [1.807, 2.05) is 4.90 Å². The maximum absolute atomic E-state index is 13.7. The monoisotopic (exact) mass is 357 g/mol. The number of hydrazine groups is 1. The molecule has 0 saturated carbocycles. The molecule has 2 saturated heterocycles. The number of amides is 1. The van der Waals surface area contributed by atoms with E-state index in [-0.39, 0.29) is 22.8 Å². The Morgan fingerprint density at radius 1 is 1.33 bits per heavy atom. The molecule has 132 valence electrons. The Balaban J connectivity index is 1.57. The van der Waals surface area contributed by atoms with Crippen LogP contribution >= 0.6 is 11.6 Å². The van der Waals surface area contributed by atoms with Crippen molar-refractivity contribution in [2.45, 2.75) is 37.1 Å². The zero-order chi connectivity index (χ0) is 17.1. The third-order valence-corrected chi connectivity index (χ3v) is 5.28. The van der Waals surface area contributed by atoms with Crippen LogP contribution in [0.25, 0.3) is 0 Å². The molecule has 2 N–H and O–H groups in total. The molecule has 0 radical (unpaired) electrons. The van der Waals surface area contributed by atoms with Crippen LogP contribution in [-0.2, 0) is 11.2 Å². The number of rotatable bonds is 4. The second-order valence-electron chi connectivity index (χ2n) is 6.55. The van der Waals surface area contributed by atoms with Gasteiger partial charge in [0.2, 0.25) is 5.91 Å². The van der Waals surface area contributed by atoms with Crippen LogP contribution in [0.5, 0.6) is 0 Å². The lowest BCUT2D eigenvalue weighted by atomic mass is 9.91. The van der Waals surface area contributed by atoms with Crippen LogP contribution in [0, 0.1) is 17.6 Å². The summed E-state index contributed by atoms with van der Waals surface area (Å²) in [5, 5.41) is -0.259. The highest BCUT2D eigenvalue weighted by atomic mass is 35.5. The molecule has 1 amide bonds. The molecule has 24 heavy (non-hydrogen) atoms. The molecule has 2 aliphatic rings. The Bertz CT molecular complexity index is 581. The fraction of sp³-hybridized carbons (Fsp3) is 0.588. The molecule has 0 spiro atoms. The highest BCUT2D eigenvalue weighted by Gasteiger charge is 2.36. The van der Waals surface area contributed by atoms with Gasteiger partial charge in [-0.1, -0.05) is 6.07 Å². The van der Waals surface area contributed by atoms with Gasteiger partial charge in [-0.25, -0.2) is 14.2 Å². The highest BCUT2D eigenvalue weighted by Crippen LogP contribution is 2.24. The first-order valence-corrected chi connectivity index (χ1v) is 8.84. The lowest BCUT2D eigenvalue weighted by Crippen LogP contribution is -2.51. The first-order chi connectivity index (χ1) is 11.6. The number of nitrogens with zero attached hydrogens (tertiary/aromatic N) is 1. The fourth-order valence-corrected chi connectivity index (χ4v) is 3.76. The van der Waals surface area contributed by atoms with Crippen molar-refractivity contribution in [1.82, 2.24) is 15.8 Å². The molecule has 2 heterocycles. The molecule has 1 aromatic rings. The van der Waals surface area contributed by atoms with Crippen LogP contribution in [0.15, 0.2) is 18.2 Å². The number of carbonyl (C=O) groups excluding carboxylic acids is 1. The summed E-state index contributed by atoms with van der Waals surface area (Å²) in [6.45, 7) is 1.89. The molecule has 0 aromatic heterocycles. The molecule has 1 aromatic carbocycles. The first-order valence-electron chi connectivity index (χ1n) is 8.40. The summed E-state index contributed by atoms with van der Waals surface area (Å²) in [6.07, 6.45) is 2.90. The molecule has 3 unspecified atom stereocenters. The lowest BCUT2D eigenvalue weighted by molar-refractivity contribution is -0.134. The number of hydrogen-bond acceptors (Lipinski definition) is 3. The number of hydrogen-bond donors (Lipinski definition) is 2. The van der Waals surface area contributed by atoms with Gasteiger partial charge in [-0.3, -0.25) is 10.2 Å². The summed E-state index contributed by atoms with van der Waals surface area (Å²) < 4.78 is 27.4. The fourth-order valence-electron chi connectivity index (χ4n) is 3.51. The summed E-state index contributed by atoms with van der Waals surface area (Å²) in [6, 6.07) is 3.54. The van der Waals surface area contributed by atoms with E-state index < -0.39 is 17.7 Å². The lowest BCUT2D eigenvalue weighted by Gasteiger charge is -2.34. The minimum absolute atomic E-state index is 0.00164. The quantitative estimate of drug-likeness (QED) is 0.812. The molecule has 0 aliphatic carbocycles. The maximum Gasteiger partial charge on any atom is 0.242 e. The summed E-state index contributed by atoms with van der Waals surface area (Å²) in [7, 11) is 0. The molecular formula is C17H22ClF2N3O. The van der Waals surface area contributed by atoms with Gasteiger partial charge in [-0.2, -0.15) is 0 Å². The molecule has 3 atom stereocenters. The van der Waals surface area contributed by atoms with E-state index in [0.29, 0.717) is 32.5 Å². The SMILES string of the molecule is O=C(C1NNCC1Cl)N1CCCC(CCc2c(F)cccc2F)C1. The van der Waals surface area contributed by atoms with E-state index in [2.05, 4.69) is 10.9 Å². The van der Waals surface area contributed by atoms with Crippen LogP contribution in [0.2, 0.25) is 0 Å². The standard InChI is InChI=1S/C17H22ClF2N3O/c18-13-9-21-22-16(13)17(24)23-8-2-3-11(10-23)6-7-12-14(19)4-1-5-15(12)20/h1,4-5,11,13,16,21-22H,2-3,6-10H2. The average Bonchev–Trinajstić information content (AvgIpc) is 3.00. The Morgan fingerprint density at radius 3 is 2.75 bits per heavy atom. The van der Waals surface area contributed by atoms with Crippen molar-refractivity contribution in [3.63, 3.8) is 0 Å². The number of likely N-dealkylation sites (tertiary alicyclic amines) is 1. The van der Waals surface area contributed by atoms with Crippen molar-refractivity contribution >= 4 is 17.5 Å². The van der Waals surface area contributed by atoms with Crippen LogP contribution in [-0.4, -0.2) is 41.9 Å². The van der Waals surface area contributed by atoms with Crippen molar-refractivity contribution in [2.75, 3.05) is 19.6 Å². The topological polar surface area (TPSA) is 44.4 Å². The smallest absolute Gasteiger partial charge is 0.242 e. The number of piperidine rings is 1.